The monoisotopic (exact) mass is 413 g/mol. The summed E-state index contributed by atoms with van der Waals surface area (Å²) in [4.78, 5) is 11.5. The van der Waals surface area contributed by atoms with Gasteiger partial charge in [-0.2, -0.15) is 12.6 Å². The van der Waals surface area contributed by atoms with Crippen molar-refractivity contribution in [3.8, 4) is 0 Å². The maximum absolute atomic E-state index is 11.5. The van der Waals surface area contributed by atoms with Crippen LogP contribution in [0.25, 0.3) is 0 Å². The van der Waals surface area contributed by atoms with Crippen LogP contribution in [0.15, 0.2) is 0 Å². The number of nitrogens with one attached hydrogen (secondary N) is 1. The van der Waals surface area contributed by atoms with Crippen LogP contribution in [0, 0.1) is 0 Å². The Morgan fingerprint density at radius 3 is 2.19 bits per heavy atom. The van der Waals surface area contributed by atoms with Crippen molar-refractivity contribution >= 4 is 18.5 Å². The van der Waals surface area contributed by atoms with E-state index in [0.29, 0.717) is 0 Å². The molecule has 0 unspecified atom stereocenters. The predicted molar refractivity (Wildman–Crippen MR) is 91.8 cm³/mol. The van der Waals surface area contributed by atoms with Crippen LogP contribution in [-0.2, 0) is 23.7 Å². The molecule has 0 aromatic carbocycles. The molecular formula is C15H27NO10S. The van der Waals surface area contributed by atoms with Gasteiger partial charge in [0, 0.05) is 19.8 Å². The second-order valence-corrected chi connectivity index (χ2v) is 6.84. The number of aliphatic hydroxyl groups excluding tert-OH is 5. The van der Waals surface area contributed by atoms with Crippen LogP contribution < -0.4 is 5.32 Å². The van der Waals surface area contributed by atoms with Crippen LogP contribution in [0.1, 0.15) is 6.92 Å². The molecule has 10 atom stereocenters. The standard InChI is InChI=1S/C15H27NO10S/c1-5(18)16-8-11(21)9(19)7(4-27)25-14(8)26-13-10(20)6(3-17)24-15(23-2)12(13)22/h6-15,17,19-22,27H,3-4H2,1-2H3,(H,16,18)/t6-,7-,8+,9-,10+,11-,12-,13+,14+,15+/m1/s1. The first-order valence-corrected chi connectivity index (χ1v) is 9.08. The zero-order valence-electron chi connectivity index (χ0n) is 14.9. The molecule has 0 bridgehead atoms. The predicted octanol–water partition coefficient (Wildman–Crippen LogP) is -3.66. The highest BCUT2D eigenvalue weighted by atomic mass is 32.1. The third kappa shape index (κ3) is 4.90. The van der Waals surface area contributed by atoms with E-state index in [-0.39, 0.29) is 5.75 Å². The van der Waals surface area contributed by atoms with E-state index in [1.54, 1.807) is 0 Å². The molecule has 2 rings (SSSR count). The molecule has 2 heterocycles. The first kappa shape index (κ1) is 22.7. The van der Waals surface area contributed by atoms with Gasteiger partial charge in [0.1, 0.15) is 42.7 Å². The quantitative estimate of drug-likeness (QED) is 0.216. The lowest BCUT2D eigenvalue weighted by molar-refractivity contribution is -0.342. The fourth-order valence-corrected chi connectivity index (χ4v) is 3.45. The van der Waals surface area contributed by atoms with Gasteiger partial charge in [-0.1, -0.05) is 0 Å². The van der Waals surface area contributed by atoms with Gasteiger partial charge >= 0.3 is 0 Å². The Morgan fingerprint density at radius 2 is 1.67 bits per heavy atom. The summed E-state index contributed by atoms with van der Waals surface area (Å²) in [5, 5.41) is 53.0. The summed E-state index contributed by atoms with van der Waals surface area (Å²) in [5.41, 5.74) is 0. The number of carbonyl (C=O) groups excluding carboxylic acids is 1. The maximum atomic E-state index is 11.5. The Kier molecular flexibility index (Phi) is 8.24. The molecule has 1 amide bonds. The van der Waals surface area contributed by atoms with Crippen molar-refractivity contribution in [1.29, 1.82) is 0 Å². The molecule has 0 spiro atoms. The molecular weight excluding hydrogens is 386 g/mol. The zero-order chi connectivity index (χ0) is 20.3. The first-order chi connectivity index (χ1) is 12.7. The van der Waals surface area contributed by atoms with Gasteiger partial charge in [-0.25, -0.2) is 0 Å². The number of aliphatic hydroxyl groups is 5. The minimum atomic E-state index is -1.45. The van der Waals surface area contributed by atoms with Gasteiger partial charge in [-0.05, 0) is 0 Å². The van der Waals surface area contributed by atoms with E-state index in [4.69, 9.17) is 18.9 Å². The Labute approximate surface area is 161 Å². The fourth-order valence-electron chi connectivity index (χ4n) is 3.15. The average molecular weight is 413 g/mol. The van der Waals surface area contributed by atoms with Crippen molar-refractivity contribution in [2.75, 3.05) is 19.5 Å². The summed E-state index contributed by atoms with van der Waals surface area (Å²) >= 11 is 4.05. The second-order valence-electron chi connectivity index (χ2n) is 6.48. The Balaban J connectivity index is 2.24. The van der Waals surface area contributed by atoms with Crippen LogP contribution in [0.4, 0.5) is 0 Å². The normalized spacial score (nSPS) is 45.5. The molecule has 2 aliphatic heterocycles. The third-order valence-corrected chi connectivity index (χ3v) is 4.96. The molecule has 0 aromatic heterocycles. The molecule has 2 aliphatic rings. The van der Waals surface area contributed by atoms with E-state index in [2.05, 4.69) is 17.9 Å². The van der Waals surface area contributed by atoms with Crippen molar-refractivity contribution in [2.24, 2.45) is 0 Å². The van der Waals surface area contributed by atoms with Crippen molar-refractivity contribution in [1.82, 2.24) is 5.32 Å². The minimum Gasteiger partial charge on any atom is -0.394 e. The van der Waals surface area contributed by atoms with Crippen molar-refractivity contribution in [3.05, 3.63) is 0 Å². The van der Waals surface area contributed by atoms with E-state index >= 15 is 0 Å². The summed E-state index contributed by atoms with van der Waals surface area (Å²) in [5.74, 6) is -0.465. The van der Waals surface area contributed by atoms with Crippen LogP contribution in [-0.4, -0.2) is 112 Å². The van der Waals surface area contributed by atoms with Crippen LogP contribution in [0.2, 0.25) is 0 Å². The summed E-state index contributed by atoms with van der Waals surface area (Å²) in [6.45, 7) is 0.649. The third-order valence-electron chi connectivity index (χ3n) is 4.60. The van der Waals surface area contributed by atoms with Gasteiger partial charge in [0.25, 0.3) is 0 Å². The summed E-state index contributed by atoms with van der Waals surface area (Å²) < 4.78 is 21.5. The molecule has 12 heteroatoms. The van der Waals surface area contributed by atoms with Gasteiger partial charge in [-0.15, -0.1) is 0 Å². The average Bonchev–Trinajstić information content (AvgIpc) is 2.64. The lowest BCUT2D eigenvalue weighted by Crippen LogP contribution is -2.67. The molecule has 158 valence electrons. The van der Waals surface area contributed by atoms with E-state index in [1.165, 1.54) is 14.0 Å². The van der Waals surface area contributed by atoms with E-state index in [0.717, 1.165) is 0 Å². The van der Waals surface area contributed by atoms with Gasteiger partial charge in [0.2, 0.25) is 5.91 Å². The Bertz CT molecular complexity index is 483. The number of carbonyl (C=O) groups is 1. The highest BCUT2D eigenvalue weighted by Crippen LogP contribution is 2.29. The number of ether oxygens (including phenoxy) is 4. The van der Waals surface area contributed by atoms with E-state index in [1.807, 2.05) is 0 Å². The molecule has 2 fully saturated rings. The van der Waals surface area contributed by atoms with Gasteiger partial charge < -0.3 is 49.8 Å². The van der Waals surface area contributed by atoms with Crippen molar-refractivity contribution in [3.63, 3.8) is 0 Å². The lowest BCUT2D eigenvalue weighted by Gasteiger charge is -2.47. The number of amides is 1. The summed E-state index contributed by atoms with van der Waals surface area (Å²) in [7, 11) is 1.27. The van der Waals surface area contributed by atoms with Crippen molar-refractivity contribution in [2.45, 2.75) is 68.3 Å². The lowest BCUT2D eigenvalue weighted by atomic mass is 9.96. The molecule has 0 saturated carbocycles. The Morgan fingerprint density at radius 1 is 1.04 bits per heavy atom. The number of rotatable bonds is 6. The van der Waals surface area contributed by atoms with Crippen LogP contribution in [0.5, 0.6) is 0 Å². The number of hydrogen-bond donors (Lipinski definition) is 7. The summed E-state index contributed by atoms with van der Waals surface area (Å²) in [6.07, 6.45) is -11.5. The van der Waals surface area contributed by atoms with Crippen LogP contribution >= 0.6 is 12.6 Å². The molecule has 0 aliphatic carbocycles. The van der Waals surface area contributed by atoms with Gasteiger partial charge in [-0.3, -0.25) is 4.79 Å². The van der Waals surface area contributed by atoms with E-state index in [9.17, 15) is 30.3 Å². The number of methoxy groups -OCH3 is 1. The van der Waals surface area contributed by atoms with E-state index < -0.39 is 73.9 Å². The molecule has 6 N–H and O–H groups in total. The zero-order valence-corrected chi connectivity index (χ0v) is 15.8. The van der Waals surface area contributed by atoms with Crippen LogP contribution in [0.3, 0.4) is 0 Å². The highest BCUT2D eigenvalue weighted by Gasteiger charge is 2.51. The van der Waals surface area contributed by atoms with Crippen molar-refractivity contribution < 1.29 is 49.3 Å². The fraction of sp³-hybridized carbons (Fsp3) is 0.933. The SMILES string of the molecule is CO[C@H]1O[C@H](CO)[C@H](O)[C@H](O[C@@H]2O[C@H](CS)[C@@H](O)[C@H](O)[C@@H]2NC(C)=O)[C@H]1O. The smallest absolute Gasteiger partial charge is 0.217 e. The van der Waals surface area contributed by atoms with Gasteiger partial charge in [0.15, 0.2) is 12.6 Å². The largest absolute Gasteiger partial charge is 0.394 e. The number of thiol groups is 1. The second kappa shape index (κ2) is 9.78. The highest BCUT2D eigenvalue weighted by molar-refractivity contribution is 7.80. The molecule has 0 aromatic rings. The molecule has 11 nitrogen and oxygen atoms in total. The maximum Gasteiger partial charge on any atom is 0.217 e. The molecule has 27 heavy (non-hydrogen) atoms. The molecule has 2 saturated heterocycles. The summed E-state index contributed by atoms with van der Waals surface area (Å²) in [6, 6.07) is -1.18. The molecule has 0 radical (unpaired) electrons. The first-order valence-electron chi connectivity index (χ1n) is 8.45. The topological polar surface area (TPSA) is 167 Å². The minimum absolute atomic E-state index is 0.0454. The Hall–Kier alpha value is -0.540. The number of hydrogen-bond acceptors (Lipinski definition) is 11. The van der Waals surface area contributed by atoms with Gasteiger partial charge in [0.05, 0.1) is 12.7 Å².